The van der Waals surface area contributed by atoms with Crippen LogP contribution in [0.1, 0.15) is 0 Å². The average molecular weight is 400 g/mol. The molecule has 0 radical (unpaired) electrons. The molecule has 1 aliphatic heterocycles. The standard InChI is InChI=1S/C21H20O8/c22-10-16-18(24)19(25)20(26)21(29-16)27-12-6-7-13-14(11-4-2-1-3-5-11)9-17(23)28-15(13)8-12/h1-9,16,18-22,24-26H,10H2/t16-,18+,19+,20-,21+/m1/s1. The van der Waals surface area contributed by atoms with Crippen LogP contribution >= 0.6 is 0 Å². The first kappa shape index (κ1) is 19.6. The summed E-state index contributed by atoms with van der Waals surface area (Å²) in [6.45, 7) is -0.558. The molecule has 0 spiro atoms. The minimum Gasteiger partial charge on any atom is -0.462 e. The van der Waals surface area contributed by atoms with Crippen molar-refractivity contribution in [3.05, 3.63) is 65.0 Å². The van der Waals surface area contributed by atoms with Crippen LogP contribution in [0.4, 0.5) is 0 Å². The van der Waals surface area contributed by atoms with Crippen molar-refractivity contribution in [1.82, 2.24) is 0 Å². The van der Waals surface area contributed by atoms with Gasteiger partial charge in [0.1, 0.15) is 35.7 Å². The molecule has 4 N–H and O–H groups in total. The van der Waals surface area contributed by atoms with Crippen LogP contribution in [-0.2, 0) is 4.74 Å². The van der Waals surface area contributed by atoms with Gasteiger partial charge in [-0.3, -0.25) is 0 Å². The molecule has 152 valence electrons. The van der Waals surface area contributed by atoms with E-state index < -0.39 is 42.9 Å². The molecule has 1 saturated heterocycles. The Balaban J connectivity index is 1.67. The second-order valence-electron chi connectivity index (χ2n) is 6.82. The Hall–Kier alpha value is -2.75. The van der Waals surface area contributed by atoms with Crippen molar-refractivity contribution in [2.45, 2.75) is 30.7 Å². The van der Waals surface area contributed by atoms with Gasteiger partial charge in [0.05, 0.1) is 6.61 Å². The van der Waals surface area contributed by atoms with Crippen molar-refractivity contribution in [1.29, 1.82) is 0 Å². The maximum absolute atomic E-state index is 12.0. The van der Waals surface area contributed by atoms with Crippen LogP contribution in [0, 0.1) is 0 Å². The topological polar surface area (TPSA) is 130 Å². The summed E-state index contributed by atoms with van der Waals surface area (Å²) in [6, 6.07) is 15.6. The molecule has 0 aliphatic carbocycles. The third-order valence-corrected chi connectivity index (χ3v) is 4.90. The third-order valence-electron chi connectivity index (χ3n) is 4.90. The van der Waals surface area contributed by atoms with Crippen LogP contribution in [0.2, 0.25) is 0 Å². The average Bonchev–Trinajstić information content (AvgIpc) is 2.74. The van der Waals surface area contributed by atoms with Crippen LogP contribution in [0.25, 0.3) is 22.1 Å². The van der Waals surface area contributed by atoms with Gasteiger partial charge in [-0.2, -0.15) is 0 Å². The van der Waals surface area contributed by atoms with Crippen LogP contribution in [0.15, 0.2) is 63.8 Å². The predicted molar refractivity (Wildman–Crippen MR) is 102 cm³/mol. The molecule has 5 atom stereocenters. The first-order valence-corrected chi connectivity index (χ1v) is 9.08. The van der Waals surface area contributed by atoms with Crippen molar-refractivity contribution >= 4 is 11.0 Å². The fraction of sp³-hybridized carbons (Fsp3) is 0.286. The molecular formula is C21H20O8. The van der Waals surface area contributed by atoms with Gasteiger partial charge in [-0.15, -0.1) is 0 Å². The first-order valence-electron chi connectivity index (χ1n) is 9.08. The summed E-state index contributed by atoms with van der Waals surface area (Å²) in [4.78, 5) is 12.0. The fourth-order valence-electron chi connectivity index (χ4n) is 3.37. The second kappa shape index (κ2) is 7.94. The highest BCUT2D eigenvalue weighted by Crippen LogP contribution is 2.31. The summed E-state index contributed by atoms with van der Waals surface area (Å²) < 4.78 is 16.2. The smallest absolute Gasteiger partial charge is 0.336 e. The number of ether oxygens (including phenoxy) is 2. The van der Waals surface area contributed by atoms with E-state index in [1.807, 2.05) is 30.3 Å². The molecule has 8 heteroatoms. The lowest BCUT2D eigenvalue weighted by Gasteiger charge is -2.39. The van der Waals surface area contributed by atoms with E-state index in [2.05, 4.69) is 0 Å². The van der Waals surface area contributed by atoms with Crippen LogP contribution < -0.4 is 10.4 Å². The van der Waals surface area contributed by atoms with Gasteiger partial charge in [0.25, 0.3) is 0 Å². The van der Waals surface area contributed by atoms with E-state index in [-0.39, 0.29) is 11.3 Å². The first-order chi connectivity index (χ1) is 14.0. The van der Waals surface area contributed by atoms with Crippen LogP contribution in [0.5, 0.6) is 5.75 Å². The molecule has 0 amide bonds. The van der Waals surface area contributed by atoms with E-state index in [0.717, 1.165) is 5.56 Å². The summed E-state index contributed by atoms with van der Waals surface area (Å²) in [7, 11) is 0. The van der Waals surface area contributed by atoms with Crippen LogP contribution in [0.3, 0.4) is 0 Å². The zero-order valence-corrected chi connectivity index (χ0v) is 15.2. The molecule has 1 aliphatic rings. The molecular weight excluding hydrogens is 380 g/mol. The number of benzene rings is 2. The second-order valence-corrected chi connectivity index (χ2v) is 6.82. The Kier molecular flexibility index (Phi) is 5.35. The van der Waals surface area contributed by atoms with Gasteiger partial charge in [0, 0.05) is 17.5 Å². The van der Waals surface area contributed by atoms with Crippen molar-refractivity contribution < 1.29 is 34.3 Å². The monoisotopic (exact) mass is 400 g/mol. The number of fused-ring (bicyclic) bond motifs is 1. The lowest BCUT2D eigenvalue weighted by atomic mass is 9.99. The van der Waals surface area contributed by atoms with E-state index in [1.54, 1.807) is 12.1 Å². The number of hydrogen-bond donors (Lipinski definition) is 4. The van der Waals surface area contributed by atoms with E-state index in [1.165, 1.54) is 12.1 Å². The highest BCUT2D eigenvalue weighted by atomic mass is 16.7. The molecule has 8 nitrogen and oxygen atoms in total. The number of rotatable bonds is 4. The van der Waals surface area contributed by atoms with Crippen molar-refractivity contribution in [2.75, 3.05) is 6.61 Å². The highest BCUT2D eigenvalue weighted by Gasteiger charge is 2.44. The molecule has 29 heavy (non-hydrogen) atoms. The van der Waals surface area contributed by atoms with Crippen molar-refractivity contribution in [2.24, 2.45) is 0 Å². The molecule has 0 bridgehead atoms. The zero-order chi connectivity index (χ0) is 20.5. The SMILES string of the molecule is O=c1cc(-c2ccccc2)c2ccc(O[C@H]3O[C@H](CO)[C@H](O)[C@H](O)[C@H]3O)cc2o1. The van der Waals surface area contributed by atoms with Crippen molar-refractivity contribution in [3.8, 4) is 16.9 Å². The summed E-state index contributed by atoms with van der Waals surface area (Å²) in [5.74, 6) is 0.218. The number of hydrogen-bond acceptors (Lipinski definition) is 8. The van der Waals surface area contributed by atoms with E-state index in [0.29, 0.717) is 10.9 Å². The zero-order valence-electron chi connectivity index (χ0n) is 15.2. The Bertz CT molecular complexity index is 1050. The molecule has 0 unspecified atom stereocenters. The highest BCUT2D eigenvalue weighted by molar-refractivity contribution is 5.93. The molecule has 0 saturated carbocycles. The molecule has 2 heterocycles. The normalized spacial score (nSPS) is 27.1. The van der Waals surface area contributed by atoms with Gasteiger partial charge in [0.2, 0.25) is 6.29 Å². The van der Waals surface area contributed by atoms with Gasteiger partial charge in [-0.1, -0.05) is 30.3 Å². The fourth-order valence-corrected chi connectivity index (χ4v) is 3.37. The summed E-state index contributed by atoms with van der Waals surface area (Å²) >= 11 is 0. The number of aliphatic hydroxyl groups excluding tert-OH is 4. The summed E-state index contributed by atoms with van der Waals surface area (Å²) in [6.07, 6.45) is -6.97. The van der Waals surface area contributed by atoms with Gasteiger partial charge in [-0.05, 0) is 23.3 Å². The Labute approximate surface area is 165 Å². The molecule has 1 fully saturated rings. The van der Waals surface area contributed by atoms with Gasteiger partial charge >= 0.3 is 5.63 Å². The van der Waals surface area contributed by atoms with Crippen molar-refractivity contribution in [3.63, 3.8) is 0 Å². The Morgan fingerprint density at radius 3 is 2.41 bits per heavy atom. The number of aliphatic hydroxyl groups is 4. The molecule has 2 aromatic carbocycles. The maximum Gasteiger partial charge on any atom is 0.336 e. The van der Waals surface area contributed by atoms with E-state index >= 15 is 0 Å². The summed E-state index contributed by atoms with van der Waals surface area (Å²) in [5, 5.41) is 39.8. The van der Waals surface area contributed by atoms with Crippen LogP contribution in [-0.4, -0.2) is 57.7 Å². The summed E-state index contributed by atoms with van der Waals surface area (Å²) in [5.41, 5.74) is 1.31. The van der Waals surface area contributed by atoms with Gasteiger partial charge in [0.15, 0.2) is 0 Å². The Morgan fingerprint density at radius 2 is 1.69 bits per heavy atom. The van der Waals surface area contributed by atoms with Gasteiger partial charge in [-0.25, -0.2) is 4.79 Å². The Morgan fingerprint density at radius 1 is 0.931 bits per heavy atom. The molecule has 1 aromatic heterocycles. The molecule has 4 rings (SSSR count). The lowest BCUT2D eigenvalue weighted by molar-refractivity contribution is -0.277. The molecule has 3 aromatic rings. The largest absolute Gasteiger partial charge is 0.462 e. The quantitative estimate of drug-likeness (QED) is 0.470. The van der Waals surface area contributed by atoms with E-state index in [9.17, 15) is 25.2 Å². The minimum absolute atomic E-state index is 0.218. The van der Waals surface area contributed by atoms with Gasteiger partial charge < -0.3 is 34.3 Å². The van der Waals surface area contributed by atoms with E-state index in [4.69, 9.17) is 13.9 Å². The predicted octanol–water partition coefficient (Wildman–Crippen LogP) is 0.639. The lowest BCUT2D eigenvalue weighted by Crippen LogP contribution is -2.60. The third kappa shape index (κ3) is 3.76. The minimum atomic E-state index is -1.55. The maximum atomic E-state index is 12.0.